The molecule has 2 aromatic rings. The summed E-state index contributed by atoms with van der Waals surface area (Å²) in [5, 5.41) is 5.12. The second kappa shape index (κ2) is 7.73. The summed E-state index contributed by atoms with van der Waals surface area (Å²) in [6.07, 6.45) is 2.46. The Balaban J connectivity index is 1.73. The molecule has 1 atom stereocenters. The van der Waals surface area contributed by atoms with Gasteiger partial charge in [-0.05, 0) is 37.1 Å². The first-order valence-corrected chi connectivity index (χ1v) is 10.7. The van der Waals surface area contributed by atoms with Crippen LogP contribution in [0, 0.1) is 6.92 Å². The van der Waals surface area contributed by atoms with Gasteiger partial charge < -0.3 is 10.1 Å². The Morgan fingerprint density at radius 1 is 1.46 bits per heavy atom. The molecule has 0 saturated carbocycles. The number of hydrogen-bond acceptors (Lipinski definition) is 6. The zero-order valence-corrected chi connectivity index (χ0v) is 16.3. The van der Waals surface area contributed by atoms with E-state index in [1.54, 1.807) is 38.2 Å². The molecule has 1 aliphatic rings. The fourth-order valence-corrected chi connectivity index (χ4v) is 5.07. The number of aryl methyl sites for hydroxylation is 1. The summed E-state index contributed by atoms with van der Waals surface area (Å²) < 4.78 is 33.1. The van der Waals surface area contributed by atoms with E-state index in [0.29, 0.717) is 42.4 Å². The highest BCUT2D eigenvalue weighted by molar-refractivity contribution is 7.89. The second-order valence-electron chi connectivity index (χ2n) is 6.07. The summed E-state index contributed by atoms with van der Waals surface area (Å²) in [6, 6.07) is 4.85. The third kappa shape index (κ3) is 4.05. The lowest BCUT2D eigenvalue weighted by Crippen LogP contribution is -2.31. The third-order valence-corrected chi connectivity index (χ3v) is 6.87. The molecule has 0 radical (unpaired) electrons. The number of sulfonamides is 1. The highest BCUT2D eigenvalue weighted by atomic mass is 32.2. The number of benzene rings is 1. The minimum absolute atomic E-state index is 0.110. The molecular weight excluding hydrogens is 374 g/mol. The van der Waals surface area contributed by atoms with E-state index in [2.05, 4.69) is 10.3 Å². The van der Waals surface area contributed by atoms with Gasteiger partial charge in [-0.15, -0.1) is 0 Å². The molecule has 140 valence electrons. The first kappa shape index (κ1) is 18.8. The first-order chi connectivity index (χ1) is 12.4. The van der Waals surface area contributed by atoms with Crippen molar-refractivity contribution in [2.45, 2.75) is 37.7 Å². The molecule has 2 heterocycles. The van der Waals surface area contributed by atoms with Gasteiger partial charge in [-0.2, -0.15) is 4.31 Å². The summed E-state index contributed by atoms with van der Waals surface area (Å²) in [6.45, 7) is 4.20. The molecule has 1 fully saturated rings. The van der Waals surface area contributed by atoms with Crippen molar-refractivity contribution in [2.24, 2.45) is 0 Å². The highest BCUT2D eigenvalue weighted by Crippen LogP contribution is 2.28. The highest BCUT2D eigenvalue weighted by Gasteiger charge is 2.34. The lowest BCUT2D eigenvalue weighted by Gasteiger charge is -2.18. The summed E-state index contributed by atoms with van der Waals surface area (Å²) in [4.78, 5) is 15.8. The topological polar surface area (TPSA) is 88.6 Å². The molecule has 3 rings (SSSR count). The van der Waals surface area contributed by atoms with Crippen LogP contribution < -0.4 is 10.1 Å². The van der Waals surface area contributed by atoms with E-state index in [0.717, 1.165) is 0 Å². The van der Waals surface area contributed by atoms with Crippen LogP contribution >= 0.6 is 11.3 Å². The van der Waals surface area contributed by atoms with Gasteiger partial charge in [0.1, 0.15) is 6.10 Å². The van der Waals surface area contributed by atoms with E-state index in [4.69, 9.17) is 4.74 Å². The molecule has 0 spiro atoms. The molecule has 1 unspecified atom stereocenters. The van der Waals surface area contributed by atoms with Crippen LogP contribution in [0.3, 0.4) is 0 Å². The van der Waals surface area contributed by atoms with Crippen LogP contribution in [-0.2, 0) is 14.8 Å². The third-order valence-electron chi connectivity index (χ3n) is 4.18. The fourth-order valence-electron chi connectivity index (χ4n) is 2.83. The Kier molecular flexibility index (Phi) is 5.59. The van der Waals surface area contributed by atoms with Crippen LogP contribution in [0.5, 0.6) is 5.19 Å². The molecular formula is C17H21N3O4S2. The van der Waals surface area contributed by atoms with Gasteiger partial charge in [0, 0.05) is 30.2 Å². The van der Waals surface area contributed by atoms with Gasteiger partial charge in [0.05, 0.1) is 11.4 Å². The minimum Gasteiger partial charge on any atom is -0.465 e. The van der Waals surface area contributed by atoms with Crippen LogP contribution in [0.25, 0.3) is 0 Å². The summed E-state index contributed by atoms with van der Waals surface area (Å²) in [5.74, 6) is -0.110. The molecule has 7 nitrogen and oxygen atoms in total. The van der Waals surface area contributed by atoms with Crippen LogP contribution in [0.15, 0.2) is 34.7 Å². The number of aromatic nitrogens is 1. The van der Waals surface area contributed by atoms with Gasteiger partial charge in [0.15, 0.2) is 0 Å². The molecule has 0 aliphatic carbocycles. The van der Waals surface area contributed by atoms with E-state index in [-0.39, 0.29) is 16.9 Å². The monoisotopic (exact) mass is 395 g/mol. The van der Waals surface area contributed by atoms with Crippen molar-refractivity contribution in [3.05, 3.63) is 35.3 Å². The fraction of sp³-hybridized carbons (Fsp3) is 0.412. The number of nitrogens with zero attached hydrogens (tertiary/aromatic N) is 2. The van der Waals surface area contributed by atoms with Crippen LogP contribution in [0.2, 0.25) is 0 Å². The number of carbonyl (C=O) groups excluding carboxylic acids is 1. The van der Waals surface area contributed by atoms with Gasteiger partial charge in [0.25, 0.3) is 5.19 Å². The lowest BCUT2D eigenvalue weighted by atomic mass is 10.2. The van der Waals surface area contributed by atoms with E-state index in [9.17, 15) is 13.2 Å². The van der Waals surface area contributed by atoms with Crippen molar-refractivity contribution in [3.8, 4) is 5.19 Å². The number of nitrogens with one attached hydrogen (secondary N) is 1. The SMILES string of the molecule is CCC(=O)Nc1ccc(S(=O)(=O)N2CCC(Oc3nccs3)C2)c(C)c1. The molecule has 26 heavy (non-hydrogen) atoms. The van der Waals surface area contributed by atoms with Crippen molar-refractivity contribution < 1.29 is 17.9 Å². The van der Waals surface area contributed by atoms with Crippen molar-refractivity contribution >= 4 is 33.0 Å². The number of rotatable bonds is 6. The normalized spacial score (nSPS) is 18.0. The van der Waals surface area contributed by atoms with E-state index in [1.165, 1.54) is 15.6 Å². The maximum Gasteiger partial charge on any atom is 0.273 e. The minimum atomic E-state index is -3.61. The van der Waals surface area contributed by atoms with Gasteiger partial charge in [-0.3, -0.25) is 4.79 Å². The van der Waals surface area contributed by atoms with Gasteiger partial charge in [-0.1, -0.05) is 18.3 Å². The number of carbonyl (C=O) groups is 1. The Hall–Kier alpha value is -1.97. The molecule has 1 aromatic carbocycles. The van der Waals surface area contributed by atoms with Gasteiger partial charge in [0.2, 0.25) is 15.9 Å². The summed E-state index contributed by atoms with van der Waals surface area (Å²) in [7, 11) is -3.61. The predicted octanol–water partition coefficient (Wildman–Crippen LogP) is 2.64. The average Bonchev–Trinajstić information content (AvgIpc) is 3.27. The first-order valence-electron chi connectivity index (χ1n) is 8.37. The standard InChI is InChI=1S/C17H21N3O4S2/c1-3-16(21)19-13-4-5-15(12(2)10-13)26(22,23)20-8-6-14(11-20)24-17-18-7-9-25-17/h4-5,7,9-10,14H,3,6,8,11H2,1-2H3,(H,19,21). The number of ether oxygens (including phenoxy) is 1. The summed E-state index contributed by atoms with van der Waals surface area (Å²) >= 11 is 1.39. The summed E-state index contributed by atoms with van der Waals surface area (Å²) in [5.41, 5.74) is 1.20. The predicted molar refractivity (Wildman–Crippen MR) is 100 cm³/mol. The van der Waals surface area contributed by atoms with Crippen molar-refractivity contribution in [2.75, 3.05) is 18.4 Å². The molecule has 1 aliphatic heterocycles. The van der Waals surface area contributed by atoms with E-state index in [1.807, 2.05) is 5.38 Å². The molecule has 1 saturated heterocycles. The maximum atomic E-state index is 13.0. The van der Waals surface area contributed by atoms with Crippen LogP contribution in [0.1, 0.15) is 25.3 Å². The number of anilines is 1. The lowest BCUT2D eigenvalue weighted by molar-refractivity contribution is -0.115. The van der Waals surface area contributed by atoms with E-state index < -0.39 is 10.0 Å². The van der Waals surface area contributed by atoms with Gasteiger partial charge >= 0.3 is 0 Å². The molecule has 1 aromatic heterocycles. The van der Waals surface area contributed by atoms with E-state index >= 15 is 0 Å². The van der Waals surface area contributed by atoms with Crippen LogP contribution in [-0.4, -0.2) is 42.8 Å². The largest absolute Gasteiger partial charge is 0.465 e. The van der Waals surface area contributed by atoms with Gasteiger partial charge in [-0.25, -0.2) is 13.4 Å². The Bertz CT molecular complexity index is 881. The molecule has 1 N–H and O–H groups in total. The van der Waals surface area contributed by atoms with Crippen molar-refractivity contribution in [1.29, 1.82) is 0 Å². The zero-order valence-electron chi connectivity index (χ0n) is 14.6. The Labute approximate surface area is 157 Å². The second-order valence-corrected chi connectivity index (χ2v) is 8.84. The Morgan fingerprint density at radius 2 is 2.27 bits per heavy atom. The van der Waals surface area contributed by atoms with Crippen LogP contribution in [0.4, 0.5) is 5.69 Å². The molecule has 9 heteroatoms. The van der Waals surface area contributed by atoms with Crippen molar-refractivity contribution in [3.63, 3.8) is 0 Å². The number of thiazole rings is 1. The van der Waals surface area contributed by atoms with Crippen molar-refractivity contribution in [1.82, 2.24) is 9.29 Å². The molecule has 1 amide bonds. The maximum absolute atomic E-state index is 13.0. The smallest absolute Gasteiger partial charge is 0.273 e. The zero-order chi connectivity index (χ0) is 18.7. The Morgan fingerprint density at radius 3 is 2.92 bits per heavy atom. The number of hydrogen-bond donors (Lipinski definition) is 1. The quantitative estimate of drug-likeness (QED) is 0.812. The number of amides is 1. The molecule has 0 bridgehead atoms. The average molecular weight is 396 g/mol.